The van der Waals surface area contributed by atoms with Gasteiger partial charge in [-0.3, -0.25) is 0 Å². The van der Waals surface area contributed by atoms with E-state index in [9.17, 15) is 0 Å². The van der Waals surface area contributed by atoms with Crippen molar-refractivity contribution < 1.29 is 0 Å². The highest BCUT2D eigenvalue weighted by Gasteiger charge is 2.06. The Labute approximate surface area is 124 Å². The normalized spacial score (nSPS) is 11.3. The SMILES string of the molecule is CCCCc1ccc2[nH]c(-c3ccc(CC)s3)cc2c1. The third-order valence-corrected chi connectivity index (χ3v) is 5.04. The average Bonchev–Trinajstić information content (AvgIpc) is 3.10. The molecule has 0 amide bonds. The Morgan fingerprint density at radius 3 is 2.70 bits per heavy atom. The van der Waals surface area contributed by atoms with Crippen LogP contribution in [-0.4, -0.2) is 4.98 Å². The lowest BCUT2D eigenvalue weighted by atomic mass is 10.1. The van der Waals surface area contributed by atoms with Gasteiger partial charge >= 0.3 is 0 Å². The lowest BCUT2D eigenvalue weighted by Gasteiger charge is -1.99. The number of benzene rings is 1. The van der Waals surface area contributed by atoms with Gasteiger partial charge in [0.05, 0.1) is 10.6 Å². The summed E-state index contributed by atoms with van der Waals surface area (Å²) in [4.78, 5) is 6.33. The summed E-state index contributed by atoms with van der Waals surface area (Å²) in [6, 6.07) is 13.6. The van der Waals surface area contributed by atoms with E-state index in [0.29, 0.717) is 0 Å². The highest BCUT2D eigenvalue weighted by Crippen LogP contribution is 2.30. The molecular weight excluding hydrogens is 262 g/mol. The number of aromatic amines is 1. The number of unbranched alkanes of at least 4 members (excludes halogenated alkanes) is 1. The van der Waals surface area contributed by atoms with Gasteiger partial charge in [0.2, 0.25) is 0 Å². The van der Waals surface area contributed by atoms with Crippen molar-refractivity contribution >= 4 is 22.2 Å². The molecule has 0 fully saturated rings. The fraction of sp³-hybridized carbons (Fsp3) is 0.333. The van der Waals surface area contributed by atoms with Crippen molar-refractivity contribution in [1.29, 1.82) is 0 Å². The van der Waals surface area contributed by atoms with Crippen LogP contribution in [0.15, 0.2) is 36.4 Å². The van der Waals surface area contributed by atoms with Crippen molar-refractivity contribution in [3.05, 3.63) is 46.8 Å². The van der Waals surface area contributed by atoms with Crippen LogP contribution in [-0.2, 0) is 12.8 Å². The Kier molecular flexibility index (Phi) is 3.93. The Bertz CT molecular complexity index is 705. The number of aromatic nitrogens is 1. The predicted molar refractivity (Wildman–Crippen MR) is 89.6 cm³/mol. The van der Waals surface area contributed by atoms with Crippen molar-refractivity contribution in [2.24, 2.45) is 0 Å². The quantitative estimate of drug-likeness (QED) is 0.609. The molecule has 0 atom stereocenters. The molecule has 0 aliphatic rings. The van der Waals surface area contributed by atoms with Crippen molar-refractivity contribution in [2.45, 2.75) is 39.5 Å². The van der Waals surface area contributed by atoms with Crippen LogP contribution in [0.25, 0.3) is 21.5 Å². The van der Waals surface area contributed by atoms with Gasteiger partial charge in [-0.25, -0.2) is 0 Å². The monoisotopic (exact) mass is 283 g/mol. The lowest BCUT2D eigenvalue weighted by Crippen LogP contribution is -1.83. The highest BCUT2D eigenvalue weighted by atomic mass is 32.1. The molecular formula is C18H21NS. The van der Waals surface area contributed by atoms with E-state index in [2.05, 4.69) is 55.2 Å². The van der Waals surface area contributed by atoms with Gasteiger partial charge in [-0.05, 0) is 55.2 Å². The van der Waals surface area contributed by atoms with E-state index in [-0.39, 0.29) is 0 Å². The molecule has 3 rings (SSSR count). The molecule has 104 valence electrons. The van der Waals surface area contributed by atoms with E-state index in [4.69, 9.17) is 0 Å². The topological polar surface area (TPSA) is 15.8 Å². The molecule has 0 saturated carbocycles. The minimum Gasteiger partial charge on any atom is -0.354 e. The van der Waals surface area contributed by atoms with Gasteiger partial charge in [-0.15, -0.1) is 11.3 Å². The molecule has 2 heterocycles. The second kappa shape index (κ2) is 5.84. The first-order valence-corrected chi connectivity index (χ1v) is 8.32. The van der Waals surface area contributed by atoms with Gasteiger partial charge in [0, 0.05) is 15.8 Å². The molecule has 2 heteroatoms. The van der Waals surface area contributed by atoms with E-state index in [1.165, 1.54) is 51.2 Å². The van der Waals surface area contributed by atoms with E-state index in [0.717, 1.165) is 6.42 Å². The minimum absolute atomic E-state index is 1.12. The first-order valence-electron chi connectivity index (χ1n) is 7.51. The Morgan fingerprint density at radius 1 is 1.05 bits per heavy atom. The molecule has 0 aliphatic carbocycles. The summed E-state index contributed by atoms with van der Waals surface area (Å²) >= 11 is 1.89. The Balaban J connectivity index is 1.93. The summed E-state index contributed by atoms with van der Waals surface area (Å²) in [6.45, 7) is 4.45. The summed E-state index contributed by atoms with van der Waals surface area (Å²) < 4.78 is 0. The number of H-pyrrole nitrogens is 1. The first-order chi connectivity index (χ1) is 9.80. The van der Waals surface area contributed by atoms with Crippen LogP contribution >= 0.6 is 11.3 Å². The number of aryl methyl sites for hydroxylation is 2. The molecule has 1 N–H and O–H groups in total. The zero-order valence-corrected chi connectivity index (χ0v) is 13.0. The largest absolute Gasteiger partial charge is 0.354 e. The smallest absolute Gasteiger partial charge is 0.0566 e. The fourth-order valence-electron chi connectivity index (χ4n) is 2.56. The van der Waals surface area contributed by atoms with Crippen LogP contribution < -0.4 is 0 Å². The van der Waals surface area contributed by atoms with Crippen molar-refractivity contribution in [3.63, 3.8) is 0 Å². The molecule has 0 unspecified atom stereocenters. The van der Waals surface area contributed by atoms with E-state index in [1.54, 1.807) is 0 Å². The zero-order valence-electron chi connectivity index (χ0n) is 12.2. The second-order valence-corrected chi connectivity index (χ2v) is 6.50. The molecule has 2 aromatic heterocycles. The lowest BCUT2D eigenvalue weighted by molar-refractivity contribution is 0.796. The molecule has 0 radical (unpaired) electrons. The van der Waals surface area contributed by atoms with Gasteiger partial charge in [-0.1, -0.05) is 26.3 Å². The van der Waals surface area contributed by atoms with Crippen LogP contribution in [0.1, 0.15) is 37.1 Å². The zero-order chi connectivity index (χ0) is 13.9. The molecule has 20 heavy (non-hydrogen) atoms. The maximum absolute atomic E-state index is 3.54. The Morgan fingerprint density at radius 2 is 1.95 bits per heavy atom. The number of nitrogens with one attached hydrogen (secondary N) is 1. The number of hydrogen-bond donors (Lipinski definition) is 1. The number of rotatable bonds is 5. The third kappa shape index (κ3) is 2.66. The first kappa shape index (κ1) is 13.4. The molecule has 0 bridgehead atoms. The number of fused-ring (bicyclic) bond motifs is 1. The molecule has 1 aromatic carbocycles. The van der Waals surface area contributed by atoms with Crippen molar-refractivity contribution in [2.75, 3.05) is 0 Å². The maximum atomic E-state index is 3.54. The number of thiophene rings is 1. The Hall–Kier alpha value is -1.54. The molecule has 0 aliphatic heterocycles. The maximum Gasteiger partial charge on any atom is 0.0566 e. The predicted octanol–water partition coefficient (Wildman–Crippen LogP) is 5.80. The molecule has 0 saturated heterocycles. The van der Waals surface area contributed by atoms with Crippen LogP contribution in [0.2, 0.25) is 0 Å². The summed E-state index contributed by atoms with van der Waals surface area (Å²) in [6.07, 6.45) is 4.83. The van der Waals surface area contributed by atoms with Crippen LogP contribution in [0.5, 0.6) is 0 Å². The highest BCUT2D eigenvalue weighted by molar-refractivity contribution is 7.15. The van der Waals surface area contributed by atoms with Gasteiger partial charge in [0.1, 0.15) is 0 Å². The summed E-state index contributed by atoms with van der Waals surface area (Å²) in [5.74, 6) is 0. The van der Waals surface area contributed by atoms with Gasteiger partial charge in [-0.2, -0.15) is 0 Å². The van der Waals surface area contributed by atoms with Gasteiger partial charge in [0.25, 0.3) is 0 Å². The van der Waals surface area contributed by atoms with Gasteiger partial charge < -0.3 is 4.98 Å². The molecule has 1 nitrogen and oxygen atoms in total. The van der Waals surface area contributed by atoms with Crippen molar-refractivity contribution in [3.8, 4) is 10.6 Å². The second-order valence-electron chi connectivity index (χ2n) is 5.33. The van der Waals surface area contributed by atoms with Crippen LogP contribution in [0.4, 0.5) is 0 Å². The van der Waals surface area contributed by atoms with Crippen LogP contribution in [0.3, 0.4) is 0 Å². The van der Waals surface area contributed by atoms with Crippen LogP contribution in [0, 0.1) is 0 Å². The van der Waals surface area contributed by atoms with Gasteiger partial charge in [0.15, 0.2) is 0 Å². The van der Waals surface area contributed by atoms with Crippen molar-refractivity contribution in [1.82, 2.24) is 4.98 Å². The average molecular weight is 283 g/mol. The standard InChI is InChI=1S/C18H21NS/c1-3-5-6-13-7-9-16-14(11-13)12-17(19-16)18-10-8-15(4-2)20-18/h7-12,19H,3-6H2,1-2H3. The fourth-order valence-corrected chi connectivity index (χ4v) is 3.48. The van der Waals surface area contributed by atoms with E-state index in [1.807, 2.05) is 11.3 Å². The summed E-state index contributed by atoms with van der Waals surface area (Å²) in [5, 5.41) is 1.33. The minimum atomic E-state index is 1.12. The molecule has 3 aromatic rings. The summed E-state index contributed by atoms with van der Waals surface area (Å²) in [7, 11) is 0. The third-order valence-electron chi connectivity index (χ3n) is 3.78. The number of hydrogen-bond acceptors (Lipinski definition) is 1. The van der Waals surface area contributed by atoms with E-state index >= 15 is 0 Å². The molecule has 0 spiro atoms. The summed E-state index contributed by atoms with van der Waals surface area (Å²) in [5.41, 5.74) is 3.94. The van der Waals surface area contributed by atoms with E-state index < -0.39 is 0 Å².